The van der Waals surface area contributed by atoms with Crippen LogP contribution < -0.4 is 5.32 Å². The van der Waals surface area contributed by atoms with E-state index >= 15 is 0 Å². The van der Waals surface area contributed by atoms with Gasteiger partial charge >= 0.3 is 0 Å². The third-order valence-electron chi connectivity index (χ3n) is 6.09. The molecule has 2 aromatic carbocycles. The van der Waals surface area contributed by atoms with Crippen LogP contribution in [0.25, 0.3) is 10.9 Å². The maximum atomic E-state index is 13.8. The number of aromatic amines is 1. The highest BCUT2D eigenvalue weighted by Crippen LogP contribution is 2.32. The second-order valence-corrected chi connectivity index (χ2v) is 8.02. The molecule has 31 heavy (non-hydrogen) atoms. The van der Waals surface area contributed by atoms with Crippen LogP contribution in [0.5, 0.6) is 0 Å². The van der Waals surface area contributed by atoms with Gasteiger partial charge < -0.3 is 15.0 Å². The Kier molecular flexibility index (Phi) is 6.79. The number of aromatic nitrogens is 1. The van der Waals surface area contributed by atoms with Gasteiger partial charge in [-0.15, -0.1) is 0 Å². The normalized spacial score (nSPS) is 16.3. The number of piperidine rings is 1. The number of hydrogen-bond donors (Lipinski definition) is 2. The number of Topliss-reactive ketones (excluding diaryl/α,β-unsaturated/α-hetero) is 1. The maximum Gasteiger partial charge on any atom is 0.223 e. The lowest BCUT2D eigenvalue weighted by Gasteiger charge is -2.36. The summed E-state index contributed by atoms with van der Waals surface area (Å²) >= 11 is 0. The van der Waals surface area contributed by atoms with Gasteiger partial charge in [0, 0.05) is 42.2 Å². The van der Waals surface area contributed by atoms with Gasteiger partial charge in [0.2, 0.25) is 5.91 Å². The predicted molar refractivity (Wildman–Crippen MR) is 121 cm³/mol. The Balaban J connectivity index is 1.53. The summed E-state index contributed by atoms with van der Waals surface area (Å²) in [6.45, 7) is 2.45. The Morgan fingerprint density at radius 3 is 2.55 bits per heavy atom. The van der Waals surface area contributed by atoms with E-state index in [1.54, 1.807) is 7.11 Å². The van der Waals surface area contributed by atoms with Gasteiger partial charge in [-0.3, -0.25) is 14.5 Å². The van der Waals surface area contributed by atoms with Crippen LogP contribution in [0.1, 0.15) is 34.8 Å². The molecule has 0 spiro atoms. The van der Waals surface area contributed by atoms with Crippen LogP contribution in [0.4, 0.5) is 0 Å². The van der Waals surface area contributed by atoms with E-state index in [9.17, 15) is 9.59 Å². The summed E-state index contributed by atoms with van der Waals surface area (Å²) in [5.41, 5.74) is 2.66. The number of H-pyrrole nitrogens is 1. The molecule has 0 bridgehead atoms. The molecular formula is C25H29N3O3. The molecule has 0 unspecified atom stereocenters. The van der Waals surface area contributed by atoms with E-state index in [-0.39, 0.29) is 23.7 Å². The summed E-state index contributed by atoms with van der Waals surface area (Å²) in [5.74, 6) is 0.148. The van der Waals surface area contributed by atoms with Crippen LogP contribution in [-0.4, -0.2) is 54.9 Å². The van der Waals surface area contributed by atoms with Crippen molar-refractivity contribution in [3.8, 4) is 0 Å². The Bertz CT molecular complexity index is 1020. The zero-order valence-electron chi connectivity index (χ0n) is 17.8. The molecular weight excluding hydrogens is 390 g/mol. The fourth-order valence-corrected chi connectivity index (χ4v) is 4.43. The largest absolute Gasteiger partial charge is 0.383 e. The molecule has 6 heteroatoms. The minimum absolute atomic E-state index is 0.0206. The SMILES string of the molecule is COCCNC(=O)C1CCN([C@@H](C(=O)c2c[nH]c3ccccc23)c2ccccc2)CC1. The van der Waals surface area contributed by atoms with Crippen molar-refractivity contribution in [1.82, 2.24) is 15.2 Å². The molecule has 1 aromatic heterocycles. The summed E-state index contributed by atoms with van der Waals surface area (Å²) < 4.78 is 5.01. The number of nitrogens with one attached hydrogen (secondary N) is 2. The molecule has 1 aliphatic heterocycles. The number of methoxy groups -OCH3 is 1. The number of amides is 1. The molecule has 1 atom stereocenters. The number of nitrogens with zero attached hydrogens (tertiary/aromatic N) is 1. The molecule has 2 N–H and O–H groups in total. The quantitative estimate of drug-likeness (QED) is 0.432. The number of ether oxygens (including phenoxy) is 1. The van der Waals surface area contributed by atoms with Crippen LogP contribution in [-0.2, 0) is 9.53 Å². The molecule has 1 saturated heterocycles. The predicted octanol–water partition coefficient (Wildman–Crippen LogP) is 3.57. The van der Waals surface area contributed by atoms with Crippen LogP contribution in [0.2, 0.25) is 0 Å². The average Bonchev–Trinajstić information content (AvgIpc) is 3.25. The summed E-state index contributed by atoms with van der Waals surface area (Å²) in [7, 11) is 1.62. The summed E-state index contributed by atoms with van der Waals surface area (Å²) in [4.78, 5) is 31.6. The van der Waals surface area contributed by atoms with Crippen molar-refractivity contribution in [2.24, 2.45) is 5.92 Å². The first kappa shape index (κ1) is 21.3. The molecule has 2 heterocycles. The zero-order chi connectivity index (χ0) is 21.6. The highest BCUT2D eigenvalue weighted by molar-refractivity contribution is 6.10. The van der Waals surface area contributed by atoms with E-state index in [1.807, 2.05) is 60.8 Å². The van der Waals surface area contributed by atoms with Crippen molar-refractivity contribution in [2.75, 3.05) is 33.4 Å². The second-order valence-electron chi connectivity index (χ2n) is 8.02. The fraction of sp³-hybridized carbons (Fsp3) is 0.360. The highest BCUT2D eigenvalue weighted by Gasteiger charge is 2.34. The Labute approximate surface area is 182 Å². The van der Waals surface area contributed by atoms with E-state index < -0.39 is 0 Å². The number of rotatable bonds is 8. The minimum Gasteiger partial charge on any atom is -0.383 e. The number of para-hydroxylation sites is 1. The summed E-state index contributed by atoms with van der Waals surface area (Å²) in [6, 6.07) is 17.5. The number of benzene rings is 2. The number of ketones is 1. The van der Waals surface area contributed by atoms with Crippen molar-refractivity contribution in [2.45, 2.75) is 18.9 Å². The van der Waals surface area contributed by atoms with Crippen molar-refractivity contribution >= 4 is 22.6 Å². The topological polar surface area (TPSA) is 74.4 Å². The first-order valence-electron chi connectivity index (χ1n) is 10.8. The first-order valence-corrected chi connectivity index (χ1v) is 10.8. The van der Waals surface area contributed by atoms with Gasteiger partial charge in [-0.2, -0.15) is 0 Å². The fourth-order valence-electron chi connectivity index (χ4n) is 4.43. The lowest BCUT2D eigenvalue weighted by atomic mass is 9.90. The van der Waals surface area contributed by atoms with Gasteiger partial charge in [-0.25, -0.2) is 0 Å². The second kappa shape index (κ2) is 9.90. The maximum absolute atomic E-state index is 13.8. The number of carbonyl (C=O) groups excluding carboxylic acids is 2. The zero-order valence-corrected chi connectivity index (χ0v) is 17.8. The van der Waals surface area contributed by atoms with Gasteiger partial charge in [0.15, 0.2) is 5.78 Å². The Hall–Kier alpha value is -2.96. The van der Waals surface area contributed by atoms with Crippen LogP contribution in [0, 0.1) is 5.92 Å². The van der Waals surface area contributed by atoms with E-state index in [0.717, 1.165) is 29.3 Å². The first-order chi connectivity index (χ1) is 15.2. The van der Waals surface area contributed by atoms with E-state index in [0.29, 0.717) is 31.8 Å². The molecule has 0 saturated carbocycles. The minimum atomic E-state index is -0.363. The summed E-state index contributed by atoms with van der Waals surface area (Å²) in [6.07, 6.45) is 3.30. The van der Waals surface area contributed by atoms with Crippen LogP contribution >= 0.6 is 0 Å². The molecule has 1 amide bonds. The molecule has 0 radical (unpaired) electrons. The number of likely N-dealkylation sites (tertiary alicyclic amines) is 1. The molecule has 3 aromatic rings. The van der Waals surface area contributed by atoms with E-state index in [4.69, 9.17) is 4.74 Å². The summed E-state index contributed by atoms with van der Waals surface area (Å²) in [5, 5.41) is 3.89. The molecule has 0 aliphatic carbocycles. The monoisotopic (exact) mass is 419 g/mol. The Morgan fingerprint density at radius 2 is 1.81 bits per heavy atom. The third-order valence-corrected chi connectivity index (χ3v) is 6.09. The number of hydrogen-bond acceptors (Lipinski definition) is 4. The number of carbonyl (C=O) groups is 2. The lowest BCUT2D eigenvalue weighted by molar-refractivity contribution is -0.126. The van der Waals surface area contributed by atoms with Gasteiger partial charge in [0.25, 0.3) is 0 Å². The average molecular weight is 420 g/mol. The number of fused-ring (bicyclic) bond motifs is 1. The van der Waals surface area contributed by atoms with E-state index in [2.05, 4.69) is 15.2 Å². The van der Waals surface area contributed by atoms with E-state index in [1.165, 1.54) is 0 Å². The van der Waals surface area contributed by atoms with Gasteiger partial charge in [0.05, 0.1) is 12.6 Å². The van der Waals surface area contributed by atoms with Crippen molar-refractivity contribution in [3.63, 3.8) is 0 Å². The van der Waals surface area contributed by atoms with Gasteiger partial charge in [-0.1, -0.05) is 48.5 Å². The molecule has 162 valence electrons. The van der Waals surface area contributed by atoms with Crippen LogP contribution in [0.15, 0.2) is 60.8 Å². The standard InChI is InChI=1S/C25H29N3O3/c1-31-16-13-26-25(30)19-11-14-28(15-12-19)23(18-7-3-2-4-8-18)24(29)21-17-27-22-10-6-5-9-20(21)22/h2-10,17,19,23,27H,11-16H2,1H3,(H,26,30)/t23-/m1/s1. The molecule has 1 aliphatic rings. The van der Waals surface area contributed by atoms with Crippen molar-refractivity contribution < 1.29 is 14.3 Å². The van der Waals surface area contributed by atoms with Gasteiger partial charge in [-0.05, 0) is 37.6 Å². The highest BCUT2D eigenvalue weighted by atomic mass is 16.5. The molecule has 4 rings (SSSR count). The smallest absolute Gasteiger partial charge is 0.223 e. The Morgan fingerprint density at radius 1 is 1.10 bits per heavy atom. The molecule has 1 fully saturated rings. The molecule has 6 nitrogen and oxygen atoms in total. The lowest BCUT2D eigenvalue weighted by Crippen LogP contribution is -2.44. The van der Waals surface area contributed by atoms with Crippen molar-refractivity contribution in [1.29, 1.82) is 0 Å². The van der Waals surface area contributed by atoms with Crippen molar-refractivity contribution in [3.05, 3.63) is 71.9 Å². The van der Waals surface area contributed by atoms with Crippen LogP contribution in [0.3, 0.4) is 0 Å². The third kappa shape index (κ3) is 4.70. The van der Waals surface area contributed by atoms with Gasteiger partial charge in [0.1, 0.15) is 0 Å².